The van der Waals surface area contributed by atoms with Crippen LogP contribution in [0.2, 0.25) is 0 Å². The van der Waals surface area contributed by atoms with Gasteiger partial charge in [0.25, 0.3) is 17.5 Å². The predicted molar refractivity (Wildman–Crippen MR) is 132 cm³/mol. The van der Waals surface area contributed by atoms with Gasteiger partial charge in [0.1, 0.15) is 22.9 Å². The molecule has 0 heterocycles. The maximum Gasteiger partial charge on any atom is 0.287 e. The van der Waals surface area contributed by atoms with Crippen molar-refractivity contribution in [3.05, 3.63) is 99.2 Å². The highest BCUT2D eigenvalue weighted by Crippen LogP contribution is 2.26. The van der Waals surface area contributed by atoms with Crippen LogP contribution in [0.4, 0.5) is 5.69 Å². The van der Waals surface area contributed by atoms with E-state index in [9.17, 15) is 24.8 Å². The van der Waals surface area contributed by atoms with Gasteiger partial charge in [-0.25, -0.2) is 5.43 Å². The summed E-state index contributed by atoms with van der Waals surface area (Å²) in [6.07, 6.45) is 2.44. The van der Waals surface area contributed by atoms with Crippen LogP contribution in [0.25, 0.3) is 6.08 Å². The zero-order chi connectivity index (χ0) is 26.1. The van der Waals surface area contributed by atoms with Crippen molar-refractivity contribution in [2.24, 2.45) is 5.10 Å². The average molecular weight is 490 g/mol. The molecule has 2 amide bonds. The Bertz CT molecular complexity index is 1340. The second kappa shape index (κ2) is 11.8. The zero-order valence-corrected chi connectivity index (χ0v) is 19.3. The van der Waals surface area contributed by atoms with E-state index in [1.54, 1.807) is 48.5 Å². The number of hydrogen-bond donors (Lipinski definition) is 3. The van der Waals surface area contributed by atoms with Gasteiger partial charge in [0.2, 0.25) is 0 Å². The molecule has 11 heteroatoms. The number of nitrogens with zero attached hydrogens (tertiary/aromatic N) is 2. The first-order chi connectivity index (χ1) is 17.3. The van der Waals surface area contributed by atoms with Crippen LogP contribution in [0, 0.1) is 10.1 Å². The Kier molecular flexibility index (Phi) is 8.33. The molecule has 0 unspecified atom stereocenters. The van der Waals surface area contributed by atoms with E-state index >= 15 is 0 Å². The average Bonchev–Trinajstić information content (AvgIpc) is 2.89. The lowest BCUT2D eigenvalue weighted by atomic mass is 10.1. The Morgan fingerprint density at radius 1 is 1.00 bits per heavy atom. The summed E-state index contributed by atoms with van der Waals surface area (Å²) in [4.78, 5) is 36.0. The highest BCUT2D eigenvalue weighted by Gasteiger charge is 2.16. The number of nitro benzene ring substituents is 1. The van der Waals surface area contributed by atoms with Crippen LogP contribution in [0.3, 0.4) is 0 Å². The van der Waals surface area contributed by atoms with E-state index in [4.69, 9.17) is 9.47 Å². The molecular formula is C25H22N4O7. The number of benzene rings is 3. The highest BCUT2D eigenvalue weighted by atomic mass is 16.6. The van der Waals surface area contributed by atoms with Crippen molar-refractivity contribution in [1.82, 2.24) is 10.7 Å². The van der Waals surface area contributed by atoms with Gasteiger partial charge < -0.3 is 19.9 Å². The number of methoxy groups -OCH3 is 2. The van der Waals surface area contributed by atoms with Gasteiger partial charge in [-0.05, 0) is 36.4 Å². The van der Waals surface area contributed by atoms with Gasteiger partial charge in [-0.15, -0.1) is 0 Å². The molecule has 0 radical (unpaired) electrons. The molecule has 3 aromatic rings. The summed E-state index contributed by atoms with van der Waals surface area (Å²) in [5.74, 6) is -0.680. The summed E-state index contributed by atoms with van der Waals surface area (Å²) < 4.78 is 10.5. The molecule has 0 aliphatic rings. The standard InChI is InChI=1S/C25H22N4O7/c1-35-20-10-8-17(23(14-20)36-2)13-21(27-24(31)16-6-4-3-5-7-16)25(32)28-26-15-18-12-19(29(33)34)9-11-22(18)30/h3-15,30H,1-2H3,(H,27,31)(H,28,32)/b21-13-,26-15?. The van der Waals surface area contributed by atoms with Gasteiger partial charge in [0.15, 0.2) is 0 Å². The predicted octanol–water partition coefficient (Wildman–Crippen LogP) is 3.24. The molecular weight excluding hydrogens is 468 g/mol. The van der Waals surface area contributed by atoms with Crippen LogP contribution < -0.4 is 20.2 Å². The molecule has 0 saturated carbocycles. The number of hydrazone groups is 1. The van der Waals surface area contributed by atoms with Crippen LogP contribution >= 0.6 is 0 Å². The van der Waals surface area contributed by atoms with E-state index in [0.29, 0.717) is 22.6 Å². The van der Waals surface area contributed by atoms with E-state index < -0.39 is 16.7 Å². The summed E-state index contributed by atoms with van der Waals surface area (Å²) in [5.41, 5.74) is 2.63. The lowest BCUT2D eigenvalue weighted by molar-refractivity contribution is -0.384. The van der Waals surface area contributed by atoms with Crippen LogP contribution in [0.5, 0.6) is 17.2 Å². The van der Waals surface area contributed by atoms with E-state index in [-0.39, 0.29) is 22.7 Å². The smallest absolute Gasteiger partial charge is 0.287 e. The van der Waals surface area contributed by atoms with Gasteiger partial charge in [-0.1, -0.05) is 18.2 Å². The first kappa shape index (κ1) is 25.4. The maximum absolute atomic E-state index is 12.9. The number of phenols is 1. The normalized spacial score (nSPS) is 11.1. The molecule has 184 valence electrons. The molecule has 0 spiro atoms. The van der Waals surface area contributed by atoms with Gasteiger partial charge in [0, 0.05) is 34.9 Å². The first-order valence-corrected chi connectivity index (χ1v) is 10.4. The van der Waals surface area contributed by atoms with E-state index in [1.165, 1.54) is 20.3 Å². The number of carbonyl (C=O) groups excluding carboxylic acids is 2. The number of rotatable bonds is 9. The summed E-state index contributed by atoms with van der Waals surface area (Å²) >= 11 is 0. The Balaban J connectivity index is 1.90. The number of ether oxygens (including phenoxy) is 2. The number of nitro groups is 1. The minimum absolute atomic E-state index is 0.0141. The first-order valence-electron chi connectivity index (χ1n) is 10.4. The fourth-order valence-corrected chi connectivity index (χ4v) is 3.02. The quantitative estimate of drug-likeness (QED) is 0.180. The minimum atomic E-state index is -0.793. The summed E-state index contributed by atoms with van der Waals surface area (Å²) in [5, 5.41) is 27.2. The minimum Gasteiger partial charge on any atom is -0.507 e. The second-order valence-corrected chi connectivity index (χ2v) is 7.19. The number of amides is 2. The number of non-ortho nitro benzene ring substituents is 1. The van der Waals surface area contributed by atoms with Crippen molar-refractivity contribution in [2.75, 3.05) is 14.2 Å². The van der Waals surface area contributed by atoms with Crippen molar-refractivity contribution in [3.8, 4) is 17.2 Å². The molecule has 0 aliphatic carbocycles. The topological polar surface area (TPSA) is 152 Å². The third kappa shape index (κ3) is 6.44. The molecule has 3 N–H and O–H groups in total. The summed E-state index contributed by atoms with van der Waals surface area (Å²) in [6.45, 7) is 0. The lowest BCUT2D eigenvalue weighted by Gasteiger charge is -2.11. The van der Waals surface area contributed by atoms with Crippen molar-refractivity contribution in [2.45, 2.75) is 0 Å². The molecule has 0 bridgehead atoms. The lowest BCUT2D eigenvalue weighted by Crippen LogP contribution is -2.32. The van der Waals surface area contributed by atoms with Crippen LogP contribution in [-0.2, 0) is 4.79 Å². The van der Waals surface area contributed by atoms with E-state index in [1.807, 2.05) is 0 Å². The SMILES string of the molecule is COc1ccc(/C=C(\NC(=O)c2ccccc2)C(=O)NN=Cc2cc([N+](=O)[O-])ccc2O)c(OC)c1. The maximum atomic E-state index is 12.9. The fraction of sp³-hybridized carbons (Fsp3) is 0.0800. The molecule has 11 nitrogen and oxygen atoms in total. The molecule has 0 fully saturated rings. The van der Waals surface area contributed by atoms with Crippen molar-refractivity contribution in [1.29, 1.82) is 0 Å². The van der Waals surface area contributed by atoms with Gasteiger partial charge >= 0.3 is 0 Å². The Hall–Kier alpha value is -5.19. The Labute approximate surface area is 205 Å². The van der Waals surface area contributed by atoms with Crippen LogP contribution in [0.1, 0.15) is 21.5 Å². The number of aromatic hydroxyl groups is 1. The monoisotopic (exact) mass is 490 g/mol. The third-order valence-electron chi connectivity index (χ3n) is 4.86. The Morgan fingerprint density at radius 3 is 2.42 bits per heavy atom. The molecule has 3 rings (SSSR count). The largest absolute Gasteiger partial charge is 0.507 e. The number of hydrogen-bond acceptors (Lipinski definition) is 8. The fourth-order valence-electron chi connectivity index (χ4n) is 3.02. The van der Waals surface area contributed by atoms with Gasteiger partial charge in [-0.3, -0.25) is 19.7 Å². The van der Waals surface area contributed by atoms with E-state index in [2.05, 4.69) is 15.8 Å². The number of phenolic OH excluding ortho intramolecular Hbond substituents is 1. The van der Waals surface area contributed by atoms with Crippen LogP contribution in [0.15, 0.2) is 77.5 Å². The molecule has 0 saturated heterocycles. The second-order valence-electron chi connectivity index (χ2n) is 7.19. The molecule has 3 aromatic carbocycles. The zero-order valence-electron chi connectivity index (χ0n) is 19.3. The molecule has 36 heavy (non-hydrogen) atoms. The van der Waals surface area contributed by atoms with Gasteiger partial charge in [-0.2, -0.15) is 5.10 Å². The molecule has 0 aromatic heterocycles. The Morgan fingerprint density at radius 2 is 1.75 bits per heavy atom. The van der Waals surface area contributed by atoms with Gasteiger partial charge in [0.05, 0.1) is 25.4 Å². The summed E-state index contributed by atoms with van der Waals surface area (Å²) in [7, 11) is 2.95. The van der Waals surface area contributed by atoms with Crippen LogP contribution in [-0.4, -0.2) is 42.3 Å². The number of nitrogens with one attached hydrogen (secondary N) is 2. The highest BCUT2D eigenvalue weighted by molar-refractivity contribution is 6.05. The van der Waals surface area contributed by atoms with E-state index in [0.717, 1.165) is 24.4 Å². The summed E-state index contributed by atoms with van der Waals surface area (Å²) in [6, 6.07) is 16.6. The van der Waals surface area contributed by atoms with Crippen molar-refractivity contribution in [3.63, 3.8) is 0 Å². The third-order valence-corrected chi connectivity index (χ3v) is 4.86. The van der Waals surface area contributed by atoms with Crippen molar-refractivity contribution < 1.29 is 29.1 Å². The molecule has 0 aliphatic heterocycles. The molecule has 0 atom stereocenters. The number of carbonyl (C=O) groups is 2. The van der Waals surface area contributed by atoms with Crippen molar-refractivity contribution >= 4 is 29.8 Å².